The molecule has 0 aromatic rings. The number of rotatable bonds is 0. The molecule has 0 aromatic heterocycles. The second kappa shape index (κ2) is 3.53. The highest BCUT2D eigenvalue weighted by Gasteiger charge is 2.52. The van der Waals surface area contributed by atoms with Crippen LogP contribution < -0.4 is 11.1 Å². The van der Waals surface area contributed by atoms with E-state index in [9.17, 15) is 4.79 Å². The molecule has 3 N–H and O–H groups in total. The maximum Gasteiger partial charge on any atom is 0.243 e. The third-order valence-electron chi connectivity index (χ3n) is 3.58. The molecule has 0 radical (unpaired) electrons. The average molecular weight is 216 g/mol. The summed E-state index contributed by atoms with van der Waals surface area (Å²) in [4.78, 5) is 11.7. The van der Waals surface area contributed by atoms with E-state index in [0.717, 1.165) is 12.8 Å². The molecule has 1 aliphatic carbocycles. The summed E-state index contributed by atoms with van der Waals surface area (Å²) in [6.07, 6.45) is 3.26. The van der Waals surface area contributed by atoms with Crippen LogP contribution in [0.2, 0.25) is 0 Å². The largest absolute Gasteiger partial charge is 0.384 e. The first-order valence-electron chi connectivity index (χ1n) is 5.26. The molecule has 0 aromatic carbocycles. The predicted molar refractivity (Wildman–Crippen MR) is 55.0 cm³/mol. The molecule has 16 heavy (non-hydrogen) atoms. The van der Waals surface area contributed by atoms with E-state index in [4.69, 9.17) is 16.3 Å². The molecular formula is C11H12N4O. The summed E-state index contributed by atoms with van der Waals surface area (Å²) < 4.78 is 0. The van der Waals surface area contributed by atoms with Gasteiger partial charge in [0.1, 0.15) is 11.7 Å². The van der Waals surface area contributed by atoms with Gasteiger partial charge in [0, 0.05) is 5.41 Å². The van der Waals surface area contributed by atoms with Crippen LogP contribution in [0.1, 0.15) is 25.7 Å². The van der Waals surface area contributed by atoms with Crippen molar-refractivity contribution in [3.8, 4) is 12.1 Å². The summed E-state index contributed by atoms with van der Waals surface area (Å²) in [5, 5.41) is 20.6. The summed E-state index contributed by atoms with van der Waals surface area (Å²) in [5.41, 5.74) is 5.42. The zero-order chi connectivity index (χ0) is 11.8. The number of carbonyl (C=O) groups excluding carboxylic acids is 1. The van der Waals surface area contributed by atoms with Gasteiger partial charge >= 0.3 is 0 Å². The standard InChI is InChI=1S/C11H12N4O/c12-5-7-9(14)15-10(16)8(6-13)11(7)3-1-2-4-11/h8H,1-4,14H2,(H,15,16). The van der Waals surface area contributed by atoms with Crippen molar-refractivity contribution in [1.29, 1.82) is 10.5 Å². The van der Waals surface area contributed by atoms with Crippen LogP contribution in [0, 0.1) is 34.0 Å². The highest BCUT2D eigenvalue weighted by molar-refractivity contribution is 5.86. The summed E-state index contributed by atoms with van der Waals surface area (Å²) in [6, 6.07) is 4.08. The minimum absolute atomic E-state index is 0.126. The van der Waals surface area contributed by atoms with Crippen molar-refractivity contribution >= 4 is 5.91 Å². The van der Waals surface area contributed by atoms with Crippen LogP contribution in [0.25, 0.3) is 0 Å². The van der Waals surface area contributed by atoms with Crippen molar-refractivity contribution in [1.82, 2.24) is 5.32 Å². The molecule has 1 heterocycles. The summed E-state index contributed by atoms with van der Waals surface area (Å²) in [5.74, 6) is -1.03. The third kappa shape index (κ3) is 1.18. The average Bonchev–Trinajstić information content (AvgIpc) is 2.68. The lowest BCUT2D eigenvalue weighted by molar-refractivity contribution is -0.126. The molecule has 1 saturated carbocycles. The normalized spacial score (nSPS) is 27.4. The Kier molecular flexibility index (Phi) is 2.32. The van der Waals surface area contributed by atoms with E-state index in [1.807, 2.05) is 6.07 Å². The minimum atomic E-state index is -0.781. The van der Waals surface area contributed by atoms with Crippen LogP contribution in [0.15, 0.2) is 11.4 Å². The van der Waals surface area contributed by atoms with Crippen LogP contribution in [0.5, 0.6) is 0 Å². The molecule has 5 heteroatoms. The first-order chi connectivity index (χ1) is 7.65. The number of nitriles is 2. The summed E-state index contributed by atoms with van der Waals surface area (Å²) in [7, 11) is 0. The van der Waals surface area contributed by atoms with Gasteiger partial charge in [-0.1, -0.05) is 12.8 Å². The second-order valence-corrected chi connectivity index (χ2v) is 4.32. The highest BCUT2D eigenvalue weighted by atomic mass is 16.2. The van der Waals surface area contributed by atoms with Gasteiger partial charge in [0.15, 0.2) is 0 Å². The van der Waals surface area contributed by atoms with Crippen LogP contribution in [-0.4, -0.2) is 5.91 Å². The zero-order valence-corrected chi connectivity index (χ0v) is 8.79. The van der Waals surface area contributed by atoms with Gasteiger partial charge in [-0.05, 0) is 12.8 Å². The lowest BCUT2D eigenvalue weighted by atomic mass is 9.67. The van der Waals surface area contributed by atoms with Gasteiger partial charge in [-0.3, -0.25) is 4.79 Å². The van der Waals surface area contributed by atoms with Gasteiger partial charge in [0.05, 0.1) is 17.7 Å². The second-order valence-electron chi connectivity index (χ2n) is 4.32. The smallest absolute Gasteiger partial charge is 0.243 e. The monoisotopic (exact) mass is 216 g/mol. The Labute approximate surface area is 93.5 Å². The molecule has 82 valence electrons. The maximum absolute atomic E-state index is 11.7. The van der Waals surface area contributed by atoms with Crippen molar-refractivity contribution in [3.05, 3.63) is 11.4 Å². The Hall–Kier alpha value is -2.01. The number of amides is 1. The Morgan fingerprint density at radius 2 is 2.00 bits per heavy atom. The zero-order valence-electron chi connectivity index (χ0n) is 8.79. The van der Waals surface area contributed by atoms with Gasteiger partial charge in [-0.15, -0.1) is 0 Å². The van der Waals surface area contributed by atoms with Crippen LogP contribution >= 0.6 is 0 Å². The Bertz CT molecular complexity index is 446. The minimum Gasteiger partial charge on any atom is -0.384 e. The number of carbonyl (C=O) groups is 1. The molecule has 5 nitrogen and oxygen atoms in total. The van der Waals surface area contributed by atoms with Gasteiger partial charge in [0.2, 0.25) is 5.91 Å². The summed E-state index contributed by atoms with van der Waals surface area (Å²) >= 11 is 0. The number of hydrogen-bond donors (Lipinski definition) is 2. The Morgan fingerprint density at radius 3 is 2.50 bits per heavy atom. The van der Waals surface area contributed by atoms with Crippen molar-refractivity contribution < 1.29 is 4.79 Å². The fraction of sp³-hybridized carbons (Fsp3) is 0.545. The van der Waals surface area contributed by atoms with Crippen molar-refractivity contribution in [2.24, 2.45) is 17.1 Å². The molecule has 1 amide bonds. The first kappa shape index (κ1) is 10.5. The van der Waals surface area contributed by atoms with Gasteiger partial charge in [-0.2, -0.15) is 10.5 Å². The topological polar surface area (TPSA) is 103 Å². The van der Waals surface area contributed by atoms with Crippen molar-refractivity contribution in [3.63, 3.8) is 0 Å². The maximum atomic E-state index is 11.7. The molecule has 0 bridgehead atoms. The molecule has 1 atom stereocenters. The van der Waals surface area contributed by atoms with E-state index in [1.54, 1.807) is 0 Å². The third-order valence-corrected chi connectivity index (χ3v) is 3.58. The molecule has 1 fully saturated rings. The van der Waals surface area contributed by atoms with Crippen LogP contribution in [0.3, 0.4) is 0 Å². The molecule has 2 aliphatic rings. The molecular weight excluding hydrogens is 204 g/mol. The Morgan fingerprint density at radius 1 is 1.38 bits per heavy atom. The quantitative estimate of drug-likeness (QED) is 0.615. The molecule has 1 aliphatic heterocycles. The van der Waals surface area contributed by atoms with Gasteiger partial charge < -0.3 is 11.1 Å². The van der Waals surface area contributed by atoms with E-state index in [0.29, 0.717) is 18.4 Å². The first-order valence-corrected chi connectivity index (χ1v) is 5.26. The molecule has 0 saturated heterocycles. The molecule has 1 unspecified atom stereocenters. The fourth-order valence-corrected chi connectivity index (χ4v) is 2.83. The van der Waals surface area contributed by atoms with E-state index >= 15 is 0 Å². The lowest BCUT2D eigenvalue weighted by Gasteiger charge is -2.36. The fourth-order valence-electron chi connectivity index (χ4n) is 2.83. The van der Waals surface area contributed by atoms with Gasteiger partial charge in [0.25, 0.3) is 0 Å². The predicted octanol–water partition coefficient (Wildman–Crippen LogP) is 0.510. The van der Waals surface area contributed by atoms with Gasteiger partial charge in [-0.25, -0.2) is 0 Å². The number of allylic oxidation sites excluding steroid dienone is 1. The van der Waals surface area contributed by atoms with E-state index < -0.39 is 11.3 Å². The number of nitrogens with two attached hydrogens (primary N) is 1. The SMILES string of the molecule is N#CC1=C(N)NC(=O)C(C#N)C12CCCC2. The van der Waals surface area contributed by atoms with Crippen molar-refractivity contribution in [2.45, 2.75) is 25.7 Å². The molecule has 1 spiro atoms. The van der Waals surface area contributed by atoms with E-state index in [1.165, 1.54) is 0 Å². The number of hydrogen-bond acceptors (Lipinski definition) is 4. The van der Waals surface area contributed by atoms with Crippen LogP contribution in [-0.2, 0) is 4.79 Å². The van der Waals surface area contributed by atoms with Crippen LogP contribution in [0.4, 0.5) is 0 Å². The number of nitrogens with zero attached hydrogens (tertiary/aromatic N) is 2. The van der Waals surface area contributed by atoms with E-state index in [-0.39, 0.29) is 11.7 Å². The van der Waals surface area contributed by atoms with Crippen molar-refractivity contribution in [2.75, 3.05) is 0 Å². The van der Waals surface area contributed by atoms with E-state index in [2.05, 4.69) is 11.4 Å². The lowest BCUT2D eigenvalue weighted by Crippen LogP contribution is -2.48. The highest BCUT2D eigenvalue weighted by Crippen LogP contribution is 2.51. The summed E-state index contributed by atoms with van der Waals surface area (Å²) in [6.45, 7) is 0. The number of nitrogens with one attached hydrogen (secondary N) is 1. The Balaban J connectivity index is 2.58. The molecule has 2 rings (SSSR count).